The number of methoxy groups -OCH3 is 1. The lowest BCUT2D eigenvalue weighted by molar-refractivity contribution is -0.143. The van der Waals surface area contributed by atoms with Gasteiger partial charge in [-0.05, 0) is 13.8 Å². The van der Waals surface area contributed by atoms with Crippen LogP contribution in [0.4, 0.5) is 0 Å². The van der Waals surface area contributed by atoms with Crippen LogP contribution in [0.25, 0.3) is 0 Å². The van der Waals surface area contributed by atoms with Crippen LogP contribution in [-0.2, 0) is 19.0 Å². The van der Waals surface area contributed by atoms with E-state index in [0.29, 0.717) is 12.4 Å². The van der Waals surface area contributed by atoms with Crippen LogP contribution in [0.15, 0.2) is 11.5 Å². The third-order valence-electron chi connectivity index (χ3n) is 1.53. The van der Waals surface area contributed by atoms with E-state index in [1.54, 1.807) is 6.92 Å². The van der Waals surface area contributed by atoms with Crippen LogP contribution in [0.1, 0.15) is 13.8 Å². The maximum Gasteiger partial charge on any atom is 0.376 e. The fourth-order valence-corrected chi connectivity index (χ4v) is 0.987. The Bertz CT molecular complexity index is 219. The van der Waals surface area contributed by atoms with Crippen molar-refractivity contribution in [2.24, 2.45) is 0 Å². The lowest BCUT2D eigenvalue weighted by atomic mass is 10.3. The molecule has 1 aliphatic heterocycles. The van der Waals surface area contributed by atoms with Crippen LogP contribution in [0, 0.1) is 0 Å². The number of carbonyl (C=O) groups is 1. The molecule has 0 radical (unpaired) electrons. The predicted molar refractivity (Wildman–Crippen MR) is 41.2 cm³/mol. The molecule has 4 nitrogen and oxygen atoms in total. The van der Waals surface area contributed by atoms with Crippen LogP contribution in [0.2, 0.25) is 0 Å². The number of carbonyl (C=O) groups excluding carboxylic acids is 1. The Labute approximate surface area is 71.1 Å². The third kappa shape index (κ3) is 1.69. The van der Waals surface area contributed by atoms with E-state index in [2.05, 4.69) is 4.74 Å². The average molecular weight is 172 g/mol. The summed E-state index contributed by atoms with van der Waals surface area (Å²) >= 11 is 0. The van der Waals surface area contributed by atoms with Crippen LogP contribution in [0.5, 0.6) is 0 Å². The summed E-state index contributed by atoms with van der Waals surface area (Å²) in [6.45, 7) is 3.95. The van der Waals surface area contributed by atoms with E-state index < -0.39 is 5.97 Å². The third-order valence-corrected chi connectivity index (χ3v) is 1.53. The van der Waals surface area contributed by atoms with Crippen molar-refractivity contribution in [1.82, 2.24) is 0 Å². The van der Waals surface area contributed by atoms with E-state index >= 15 is 0 Å². The zero-order chi connectivity index (χ0) is 9.14. The number of hydrogen-bond donors (Lipinski definition) is 0. The molecule has 1 atom stereocenters. The van der Waals surface area contributed by atoms with Gasteiger partial charge in [-0.3, -0.25) is 0 Å². The van der Waals surface area contributed by atoms with E-state index in [0.717, 1.165) is 0 Å². The zero-order valence-electron chi connectivity index (χ0n) is 7.42. The summed E-state index contributed by atoms with van der Waals surface area (Å²) in [5.74, 6) is 0.176. The summed E-state index contributed by atoms with van der Waals surface area (Å²) in [6.07, 6.45) is -0.00148. The second-order valence-electron chi connectivity index (χ2n) is 2.62. The minimum atomic E-state index is -0.487. The van der Waals surface area contributed by atoms with E-state index in [4.69, 9.17) is 9.47 Å². The van der Waals surface area contributed by atoms with Gasteiger partial charge in [0.15, 0.2) is 0 Å². The number of hydrogen-bond acceptors (Lipinski definition) is 4. The number of rotatable bonds is 1. The van der Waals surface area contributed by atoms with Crippen LogP contribution in [-0.4, -0.2) is 25.8 Å². The van der Waals surface area contributed by atoms with Crippen molar-refractivity contribution in [1.29, 1.82) is 0 Å². The Kier molecular flexibility index (Phi) is 2.58. The molecule has 0 aromatic rings. The molecule has 0 aromatic heterocycles. The Balaban J connectivity index is 2.75. The molecule has 0 N–H and O–H groups in total. The zero-order valence-corrected chi connectivity index (χ0v) is 7.42. The summed E-state index contributed by atoms with van der Waals surface area (Å²) in [4.78, 5) is 11.0. The minimum absolute atomic E-state index is 0.00148. The Morgan fingerprint density at radius 3 is 2.83 bits per heavy atom. The van der Waals surface area contributed by atoms with Crippen molar-refractivity contribution in [2.75, 3.05) is 13.7 Å². The topological polar surface area (TPSA) is 44.8 Å². The second-order valence-corrected chi connectivity index (χ2v) is 2.62. The van der Waals surface area contributed by atoms with Crippen LogP contribution in [0.3, 0.4) is 0 Å². The average Bonchev–Trinajstić information content (AvgIpc) is 2.03. The normalized spacial score (nSPS) is 22.8. The lowest BCUT2D eigenvalue weighted by Gasteiger charge is -2.23. The van der Waals surface area contributed by atoms with Crippen molar-refractivity contribution < 1.29 is 19.0 Å². The van der Waals surface area contributed by atoms with Crippen molar-refractivity contribution in [2.45, 2.75) is 20.0 Å². The molecular weight excluding hydrogens is 160 g/mol. The molecule has 1 heterocycles. The molecule has 0 saturated heterocycles. The standard InChI is InChI=1S/C8H12O4/c1-5-4-11-7(6(2)12-5)8(9)10-3/h5H,4H2,1-3H3/t5-/m0/s1. The molecule has 0 bridgehead atoms. The van der Waals surface area contributed by atoms with Gasteiger partial charge in [0.25, 0.3) is 0 Å². The van der Waals surface area contributed by atoms with Gasteiger partial charge in [-0.25, -0.2) is 4.79 Å². The summed E-state index contributed by atoms with van der Waals surface area (Å²) < 4.78 is 14.9. The minimum Gasteiger partial charge on any atom is -0.488 e. The van der Waals surface area contributed by atoms with Gasteiger partial charge in [0.2, 0.25) is 5.76 Å². The molecule has 1 rings (SSSR count). The van der Waals surface area contributed by atoms with E-state index in [-0.39, 0.29) is 11.9 Å². The molecule has 12 heavy (non-hydrogen) atoms. The van der Waals surface area contributed by atoms with Gasteiger partial charge in [0.1, 0.15) is 18.5 Å². The highest BCUT2D eigenvalue weighted by molar-refractivity contribution is 5.86. The fraction of sp³-hybridized carbons (Fsp3) is 0.625. The largest absolute Gasteiger partial charge is 0.488 e. The lowest BCUT2D eigenvalue weighted by Crippen LogP contribution is -2.25. The Hall–Kier alpha value is -1.19. The molecule has 0 spiro atoms. The number of allylic oxidation sites excluding steroid dienone is 1. The smallest absolute Gasteiger partial charge is 0.376 e. The maximum absolute atomic E-state index is 11.0. The fourth-order valence-electron chi connectivity index (χ4n) is 0.987. The summed E-state index contributed by atoms with van der Waals surface area (Å²) in [5.41, 5.74) is 0. The first-order chi connectivity index (χ1) is 5.65. The number of esters is 1. The first-order valence-corrected chi connectivity index (χ1v) is 3.73. The highest BCUT2D eigenvalue weighted by atomic mass is 16.6. The first kappa shape index (κ1) is 8.90. The van der Waals surface area contributed by atoms with Gasteiger partial charge >= 0.3 is 5.97 Å². The van der Waals surface area contributed by atoms with E-state index in [1.165, 1.54) is 7.11 Å². The molecule has 1 aliphatic rings. The first-order valence-electron chi connectivity index (χ1n) is 3.73. The Morgan fingerprint density at radius 1 is 1.67 bits per heavy atom. The highest BCUT2D eigenvalue weighted by Crippen LogP contribution is 2.17. The molecule has 0 aromatic carbocycles. The molecule has 0 saturated carbocycles. The highest BCUT2D eigenvalue weighted by Gasteiger charge is 2.23. The van der Waals surface area contributed by atoms with Gasteiger partial charge in [-0.1, -0.05) is 0 Å². The molecule has 0 aliphatic carbocycles. The summed E-state index contributed by atoms with van der Waals surface area (Å²) in [5, 5.41) is 0. The summed E-state index contributed by atoms with van der Waals surface area (Å²) in [7, 11) is 1.31. The second kappa shape index (κ2) is 3.47. The van der Waals surface area contributed by atoms with E-state index in [9.17, 15) is 4.79 Å². The van der Waals surface area contributed by atoms with Gasteiger partial charge < -0.3 is 14.2 Å². The molecular formula is C8H12O4. The SMILES string of the molecule is COC(=O)C1=C(C)O[C@@H](C)CO1. The predicted octanol–water partition coefficient (Wildman–Crippen LogP) is 0.826. The van der Waals surface area contributed by atoms with Crippen molar-refractivity contribution >= 4 is 5.97 Å². The monoisotopic (exact) mass is 172 g/mol. The molecule has 0 unspecified atom stereocenters. The number of ether oxygens (including phenoxy) is 3. The van der Waals surface area contributed by atoms with Gasteiger partial charge in [0.05, 0.1) is 7.11 Å². The van der Waals surface area contributed by atoms with Crippen molar-refractivity contribution in [3.8, 4) is 0 Å². The maximum atomic E-state index is 11.0. The van der Waals surface area contributed by atoms with Crippen molar-refractivity contribution in [3.63, 3.8) is 0 Å². The van der Waals surface area contributed by atoms with Crippen molar-refractivity contribution in [3.05, 3.63) is 11.5 Å². The quantitative estimate of drug-likeness (QED) is 0.549. The van der Waals surface area contributed by atoms with Crippen LogP contribution >= 0.6 is 0 Å². The molecule has 4 heteroatoms. The van der Waals surface area contributed by atoms with Crippen LogP contribution < -0.4 is 0 Å². The van der Waals surface area contributed by atoms with Gasteiger partial charge in [-0.15, -0.1) is 0 Å². The van der Waals surface area contributed by atoms with E-state index in [1.807, 2.05) is 6.92 Å². The molecule has 0 amide bonds. The molecule has 0 fully saturated rings. The molecule has 68 valence electrons. The Morgan fingerprint density at radius 2 is 2.33 bits per heavy atom. The van der Waals surface area contributed by atoms with Gasteiger partial charge in [-0.2, -0.15) is 0 Å². The van der Waals surface area contributed by atoms with Gasteiger partial charge in [0, 0.05) is 0 Å². The summed E-state index contributed by atoms with van der Waals surface area (Å²) in [6, 6.07) is 0.